The third-order valence-corrected chi connectivity index (χ3v) is 3.74. The monoisotopic (exact) mass is 362 g/mol. The number of rotatable bonds is 5. The number of fused-ring (bicyclic) bond motifs is 1. The number of halogens is 1. The summed E-state index contributed by atoms with van der Waals surface area (Å²) in [6.45, 7) is 4.44. The minimum atomic E-state index is -0.328. The highest BCUT2D eigenvalue weighted by Crippen LogP contribution is 2.32. The first-order valence-electron chi connectivity index (χ1n) is 7.91. The van der Waals surface area contributed by atoms with E-state index >= 15 is 0 Å². The van der Waals surface area contributed by atoms with Crippen LogP contribution in [-0.2, 0) is 6.54 Å². The lowest BCUT2D eigenvalue weighted by molar-refractivity contribution is 0.174. The molecule has 0 radical (unpaired) electrons. The van der Waals surface area contributed by atoms with Gasteiger partial charge < -0.3 is 24.8 Å². The Morgan fingerprint density at radius 3 is 2.76 bits per heavy atom. The summed E-state index contributed by atoms with van der Waals surface area (Å²) >= 11 is 6.16. The largest absolute Gasteiger partial charge is 0.489 e. The number of urea groups is 1. The zero-order valence-corrected chi connectivity index (χ0v) is 14.7. The van der Waals surface area contributed by atoms with Crippen molar-refractivity contribution in [2.24, 2.45) is 0 Å². The van der Waals surface area contributed by atoms with Gasteiger partial charge in [-0.05, 0) is 49.7 Å². The standard InChI is InChI=1S/C18H19ClN2O4/c1-11(2)25-15-6-4-13(8-14(15)19)21-18(22)20-9-12-3-5-16-17(7-12)24-10-23-16/h3-8,11H,9-10H2,1-2H3,(H2,20,21,22). The number of amides is 2. The van der Waals surface area contributed by atoms with Crippen molar-refractivity contribution in [2.45, 2.75) is 26.5 Å². The average molecular weight is 363 g/mol. The number of ether oxygens (including phenoxy) is 3. The molecule has 0 bridgehead atoms. The van der Waals surface area contributed by atoms with Gasteiger partial charge in [0.2, 0.25) is 6.79 Å². The van der Waals surface area contributed by atoms with Crippen LogP contribution in [0.25, 0.3) is 0 Å². The fraction of sp³-hybridized carbons (Fsp3) is 0.278. The van der Waals surface area contributed by atoms with Crippen molar-refractivity contribution in [1.29, 1.82) is 0 Å². The Kier molecular flexibility index (Phi) is 5.19. The highest BCUT2D eigenvalue weighted by Gasteiger charge is 2.13. The third kappa shape index (κ3) is 4.48. The lowest BCUT2D eigenvalue weighted by atomic mass is 10.2. The molecule has 7 heteroatoms. The smallest absolute Gasteiger partial charge is 0.319 e. The molecule has 2 amide bonds. The van der Waals surface area contributed by atoms with Gasteiger partial charge in [-0.1, -0.05) is 17.7 Å². The highest BCUT2D eigenvalue weighted by atomic mass is 35.5. The summed E-state index contributed by atoms with van der Waals surface area (Å²) in [7, 11) is 0. The molecule has 6 nitrogen and oxygen atoms in total. The highest BCUT2D eigenvalue weighted by molar-refractivity contribution is 6.32. The molecule has 25 heavy (non-hydrogen) atoms. The minimum Gasteiger partial charge on any atom is -0.489 e. The molecule has 0 saturated carbocycles. The Hall–Kier alpha value is -2.60. The minimum absolute atomic E-state index is 0.0290. The molecule has 0 unspecified atom stereocenters. The van der Waals surface area contributed by atoms with Crippen LogP contribution in [0.2, 0.25) is 5.02 Å². The van der Waals surface area contributed by atoms with E-state index in [4.69, 9.17) is 25.8 Å². The number of anilines is 1. The van der Waals surface area contributed by atoms with Gasteiger partial charge in [0.05, 0.1) is 11.1 Å². The van der Waals surface area contributed by atoms with Crippen molar-refractivity contribution < 1.29 is 19.0 Å². The molecule has 0 saturated heterocycles. The molecule has 0 aliphatic carbocycles. The average Bonchev–Trinajstić information content (AvgIpc) is 3.03. The Morgan fingerprint density at radius 2 is 2.00 bits per heavy atom. The van der Waals surface area contributed by atoms with Gasteiger partial charge in [0.1, 0.15) is 5.75 Å². The van der Waals surface area contributed by atoms with Crippen LogP contribution in [0.15, 0.2) is 36.4 Å². The zero-order chi connectivity index (χ0) is 17.8. The summed E-state index contributed by atoms with van der Waals surface area (Å²) < 4.78 is 16.1. The van der Waals surface area contributed by atoms with Crippen LogP contribution in [-0.4, -0.2) is 18.9 Å². The number of benzene rings is 2. The normalized spacial score (nSPS) is 12.2. The van der Waals surface area contributed by atoms with E-state index in [0.29, 0.717) is 34.5 Å². The van der Waals surface area contributed by atoms with Crippen molar-refractivity contribution in [2.75, 3.05) is 12.1 Å². The fourth-order valence-electron chi connectivity index (χ4n) is 2.34. The van der Waals surface area contributed by atoms with Gasteiger partial charge in [-0.25, -0.2) is 4.79 Å². The van der Waals surface area contributed by atoms with Gasteiger partial charge in [0, 0.05) is 12.2 Å². The van der Waals surface area contributed by atoms with E-state index in [1.807, 2.05) is 32.0 Å². The molecule has 0 fully saturated rings. The summed E-state index contributed by atoms with van der Waals surface area (Å²) in [4.78, 5) is 12.0. The second kappa shape index (κ2) is 7.53. The maximum Gasteiger partial charge on any atom is 0.319 e. The summed E-state index contributed by atoms with van der Waals surface area (Å²) in [6.07, 6.45) is 0.0290. The van der Waals surface area contributed by atoms with Crippen LogP contribution in [0.4, 0.5) is 10.5 Å². The van der Waals surface area contributed by atoms with Gasteiger partial charge in [0.15, 0.2) is 11.5 Å². The number of carbonyl (C=O) groups excluding carboxylic acids is 1. The Balaban J connectivity index is 1.55. The lowest BCUT2D eigenvalue weighted by Gasteiger charge is -2.13. The van der Waals surface area contributed by atoms with Crippen molar-refractivity contribution >= 4 is 23.3 Å². The lowest BCUT2D eigenvalue weighted by Crippen LogP contribution is -2.28. The molecule has 132 valence electrons. The molecule has 1 heterocycles. The van der Waals surface area contributed by atoms with E-state index < -0.39 is 0 Å². The SMILES string of the molecule is CC(C)Oc1ccc(NC(=O)NCc2ccc3c(c2)OCO3)cc1Cl. The van der Waals surface area contributed by atoms with Crippen molar-refractivity contribution in [3.8, 4) is 17.2 Å². The Labute approximate surface area is 151 Å². The van der Waals surface area contributed by atoms with Crippen LogP contribution in [0.3, 0.4) is 0 Å². The van der Waals surface area contributed by atoms with E-state index in [1.54, 1.807) is 18.2 Å². The quantitative estimate of drug-likeness (QED) is 0.837. The van der Waals surface area contributed by atoms with E-state index in [2.05, 4.69) is 10.6 Å². The number of nitrogens with one attached hydrogen (secondary N) is 2. The van der Waals surface area contributed by atoms with Crippen LogP contribution in [0.5, 0.6) is 17.2 Å². The van der Waals surface area contributed by atoms with Crippen molar-refractivity contribution in [3.63, 3.8) is 0 Å². The maximum absolute atomic E-state index is 12.0. The summed E-state index contributed by atoms with van der Waals surface area (Å²) in [5.41, 5.74) is 1.50. The van der Waals surface area contributed by atoms with E-state index in [0.717, 1.165) is 5.56 Å². The molecule has 1 aliphatic rings. The van der Waals surface area contributed by atoms with Gasteiger partial charge in [-0.15, -0.1) is 0 Å². The fourth-order valence-corrected chi connectivity index (χ4v) is 2.56. The Bertz CT molecular complexity index is 780. The van der Waals surface area contributed by atoms with Crippen LogP contribution in [0.1, 0.15) is 19.4 Å². The van der Waals surface area contributed by atoms with Gasteiger partial charge in [-0.3, -0.25) is 0 Å². The first kappa shape index (κ1) is 17.2. The number of hydrogen-bond donors (Lipinski definition) is 2. The summed E-state index contributed by atoms with van der Waals surface area (Å²) in [5.74, 6) is 1.99. The van der Waals surface area contributed by atoms with Crippen molar-refractivity contribution in [1.82, 2.24) is 5.32 Å². The van der Waals surface area contributed by atoms with Gasteiger partial charge in [0.25, 0.3) is 0 Å². The van der Waals surface area contributed by atoms with Gasteiger partial charge in [-0.2, -0.15) is 0 Å². The second-order valence-corrected chi connectivity index (χ2v) is 6.21. The number of carbonyl (C=O) groups is 1. The van der Waals surface area contributed by atoms with E-state index in [1.165, 1.54) is 0 Å². The summed E-state index contributed by atoms with van der Waals surface area (Å²) in [5, 5.41) is 5.97. The van der Waals surface area contributed by atoms with Gasteiger partial charge >= 0.3 is 6.03 Å². The zero-order valence-electron chi connectivity index (χ0n) is 14.0. The van der Waals surface area contributed by atoms with Crippen LogP contribution >= 0.6 is 11.6 Å². The molecular formula is C18H19ClN2O4. The molecule has 2 N–H and O–H groups in total. The van der Waals surface area contributed by atoms with E-state index in [-0.39, 0.29) is 18.9 Å². The van der Waals surface area contributed by atoms with Crippen molar-refractivity contribution in [3.05, 3.63) is 47.0 Å². The first-order chi connectivity index (χ1) is 12.0. The molecule has 1 aliphatic heterocycles. The number of hydrogen-bond acceptors (Lipinski definition) is 4. The molecular weight excluding hydrogens is 344 g/mol. The molecule has 2 aromatic rings. The molecule has 2 aromatic carbocycles. The predicted octanol–water partition coefficient (Wildman–Crippen LogP) is 4.18. The molecule has 0 aromatic heterocycles. The Morgan fingerprint density at radius 1 is 1.20 bits per heavy atom. The second-order valence-electron chi connectivity index (χ2n) is 5.81. The third-order valence-electron chi connectivity index (χ3n) is 3.44. The summed E-state index contributed by atoms with van der Waals surface area (Å²) in [6, 6.07) is 10.3. The first-order valence-corrected chi connectivity index (χ1v) is 8.28. The molecule has 0 spiro atoms. The molecule has 3 rings (SSSR count). The topological polar surface area (TPSA) is 68.8 Å². The predicted molar refractivity (Wildman–Crippen MR) is 95.6 cm³/mol. The maximum atomic E-state index is 12.0. The molecule has 0 atom stereocenters. The van der Waals surface area contributed by atoms with Crippen LogP contribution < -0.4 is 24.8 Å². The van der Waals surface area contributed by atoms with E-state index in [9.17, 15) is 4.79 Å². The van der Waals surface area contributed by atoms with Crippen LogP contribution in [0, 0.1) is 0 Å².